The fourth-order valence-electron chi connectivity index (χ4n) is 3.65. The Bertz CT molecular complexity index is 941. The van der Waals surface area contributed by atoms with E-state index in [9.17, 15) is 24.8 Å². The van der Waals surface area contributed by atoms with Crippen LogP contribution in [-0.2, 0) is 16.0 Å². The lowest BCUT2D eigenvalue weighted by Gasteiger charge is -2.40. The number of hydrogen-bond acceptors (Lipinski definition) is 6. The highest BCUT2D eigenvalue weighted by molar-refractivity contribution is 5.77. The average Bonchev–Trinajstić information content (AvgIpc) is 2.97. The zero-order valence-corrected chi connectivity index (χ0v) is 14.6. The van der Waals surface area contributed by atoms with Gasteiger partial charge < -0.3 is 14.9 Å². The lowest BCUT2D eigenvalue weighted by Crippen LogP contribution is -2.50. The Kier molecular flexibility index (Phi) is 4.71. The summed E-state index contributed by atoms with van der Waals surface area (Å²) in [6.07, 6.45) is 1.46. The number of non-ortho nitro benzene ring substituents is 1. The number of hydrogen-bond donors (Lipinski definition) is 3. The maximum atomic E-state index is 12.7. The molecule has 0 spiro atoms. The van der Waals surface area contributed by atoms with Crippen LogP contribution in [0.25, 0.3) is 0 Å². The number of aliphatic hydroxyl groups is 1. The molecule has 1 heterocycles. The second-order valence-corrected chi connectivity index (χ2v) is 6.73. The predicted molar refractivity (Wildman–Crippen MR) is 95.3 cm³/mol. The molecule has 0 amide bonds. The summed E-state index contributed by atoms with van der Waals surface area (Å²) in [7, 11) is 0. The number of benzene rings is 1. The average molecular weight is 373 g/mol. The quantitative estimate of drug-likeness (QED) is 0.313. The molecule has 0 saturated heterocycles. The third kappa shape index (κ3) is 3.28. The molecule has 1 aromatic heterocycles. The Morgan fingerprint density at radius 3 is 2.70 bits per heavy atom. The fraction of sp³-hybridized carbons (Fsp3) is 0.333. The molecular formula is C18H19N3O6. The molecule has 1 aliphatic rings. The van der Waals surface area contributed by atoms with Crippen molar-refractivity contribution in [3.05, 3.63) is 74.2 Å². The summed E-state index contributed by atoms with van der Waals surface area (Å²) in [4.78, 5) is 35.5. The van der Waals surface area contributed by atoms with Gasteiger partial charge in [-0.3, -0.25) is 24.8 Å². The van der Waals surface area contributed by atoms with Gasteiger partial charge in [-0.2, -0.15) is 0 Å². The lowest BCUT2D eigenvalue weighted by molar-refractivity contribution is -0.384. The van der Waals surface area contributed by atoms with E-state index in [1.54, 1.807) is 0 Å². The molecule has 0 bridgehead atoms. The SMILES string of the molecule is C=CCOC(=O)[C@@H]1[C@@H](c2ccc([N+](=O)[O-])cc2)c2c([nH][nH]c2=O)C[C@]1(C)O. The Hall–Kier alpha value is -3.20. The van der Waals surface area contributed by atoms with E-state index in [0.717, 1.165) is 0 Å². The molecule has 9 heteroatoms. The smallest absolute Gasteiger partial charge is 0.313 e. The Morgan fingerprint density at radius 2 is 2.11 bits per heavy atom. The van der Waals surface area contributed by atoms with Gasteiger partial charge in [0.1, 0.15) is 6.61 Å². The van der Waals surface area contributed by atoms with Crippen molar-refractivity contribution in [2.75, 3.05) is 6.61 Å². The number of nitrogens with one attached hydrogen (secondary N) is 2. The number of fused-ring (bicyclic) bond motifs is 1. The first-order valence-corrected chi connectivity index (χ1v) is 8.30. The number of H-pyrrole nitrogens is 2. The number of rotatable bonds is 5. The van der Waals surface area contributed by atoms with Crippen LogP contribution >= 0.6 is 0 Å². The number of esters is 1. The zero-order valence-electron chi connectivity index (χ0n) is 14.6. The number of aromatic amines is 2. The lowest BCUT2D eigenvalue weighted by atomic mass is 9.66. The van der Waals surface area contributed by atoms with Gasteiger partial charge in [0.05, 0.1) is 16.4 Å². The maximum Gasteiger partial charge on any atom is 0.313 e. The van der Waals surface area contributed by atoms with E-state index in [0.29, 0.717) is 16.8 Å². The highest BCUT2D eigenvalue weighted by Crippen LogP contribution is 2.44. The summed E-state index contributed by atoms with van der Waals surface area (Å²) in [5.74, 6) is -2.56. The molecule has 1 aromatic carbocycles. The molecule has 3 atom stereocenters. The maximum absolute atomic E-state index is 12.7. The normalized spacial score (nSPS) is 24.1. The van der Waals surface area contributed by atoms with Gasteiger partial charge in [0, 0.05) is 35.7 Å². The molecule has 0 radical (unpaired) electrons. The molecule has 3 rings (SSSR count). The zero-order chi connectivity index (χ0) is 19.8. The van der Waals surface area contributed by atoms with Gasteiger partial charge >= 0.3 is 5.97 Å². The summed E-state index contributed by atoms with van der Waals surface area (Å²) in [5, 5.41) is 27.1. The van der Waals surface area contributed by atoms with Crippen LogP contribution in [0.4, 0.5) is 5.69 Å². The molecule has 2 aromatic rings. The summed E-state index contributed by atoms with van der Waals surface area (Å²) in [6, 6.07) is 5.55. The fourth-order valence-corrected chi connectivity index (χ4v) is 3.65. The second kappa shape index (κ2) is 6.84. The highest BCUT2D eigenvalue weighted by atomic mass is 16.6. The largest absolute Gasteiger partial charge is 0.461 e. The van der Waals surface area contributed by atoms with Crippen molar-refractivity contribution in [2.45, 2.75) is 24.9 Å². The van der Waals surface area contributed by atoms with Gasteiger partial charge in [-0.1, -0.05) is 24.8 Å². The van der Waals surface area contributed by atoms with Crippen LogP contribution in [0.1, 0.15) is 29.7 Å². The first kappa shape index (κ1) is 18.6. The van der Waals surface area contributed by atoms with E-state index >= 15 is 0 Å². The van der Waals surface area contributed by atoms with Crippen LogP contribution in [0, 0.1) is 16.0 Å². The third-order valence-corrected chi connectivity index (χ3v) is 4.81. The van der Waals surface area contributed by atoms with Crippen molar-refractivity contribution in [3.63, 3.8) is 0 Å². The number of ether oxygens (including phenoxy) is 1. The second-order valence-electron chi connectivity index (χ2n) is 6.73. The van der Waals surface area contributed by atoms with Gasteiger partial charge in [0.25, 0.3) is 11.2 Å². The van der Waals surface area contributed by atoms with Crippen LogP contribution in [0.5, 0.6) is 0 Å². The molecule has 9 nitrogen and oxygen atoms in total. The van der Waals surface area contributed by atoms with Crippen LogP contribution in [0.3, 0.4) is 0 Å². The number of nitro benzene ring substituents is 1. The van der Waals surface area contributed by atoms with Gasteiger partial charge in [0.15, 0.2) is 0 Å². The van der Waals surface area contributed by atoms with Crippen molar-refractivity contribution in [2.24, 2.45) is 5.92 Å². The van der Waals surface area contributed by atoms with E-state index in [1.807, 2.05) is 0 Å². The Labute approximate surface area is 153 Å². The summed E-state index contributed by atoms with van der Waals surface area (Å²) < 4.78 is 5.16. The molecule has 0 saturated carbocycles. The van der Waals surface area contributed by atoms with E-state index in [-0.39, 0.29) is 18.7 Å². The Balaban J connectivity index is 2.15. The minimum atomic E-state index is -1.50. The standard InChI is InChI=1S/C18H19N3O6/c1-3-8-27-17(23)15-13(10-4-6-11(7-5-10)21(25)26)14-12(9-18(15,2)24)19-20-16(14)22/h3-7,13,15,24H,1,8-9H2,2H3,(H2,19,20,22)/t13-,15-,18-/m0/s1. The van der Waals surface area contributed by atoms with Crippen molar-refractivity contribution >= 4 is 11.7 Å². The number of nitrogens with zero attached hydrogens (tertiary/aromatic N) is 1. The topological polar surface area (TPSA) is 138 Å². The molecule has 0 aliphatic heterocycles. The van der Waals surface area contributed by atoms with Gasteiger partial charge in [-0.05, 0) is 12.5 Å². The molecule has 0 fully saturated rings. The van der Waals surface area contributed by atoms with Gasteiger partial charge in [-0.15, -0.1) is 0 Å². The molecule has 27 heavy (non-hydrogen) atoms. The van der Waals surface area contributed by atoms with Crippen LogP contribution in [0.2, 0.25) is 0 Å². The van der Waals surface area contributed by atoms with Crippen molar-refractivity contribution in [1.29, 1.82) is 0 Å². The minimum absolute atomic E-state index is 0.0330. The van der Waals surface area contributed by atoms with Gasteiger partial charge in [0.2, 0.25) is 0 Å². The minimum Gasteiger partial charge on any atom is -0.461 e. The monoisotopic (exact) mass is 373 g/mol. The van der Waals surface area contributed by atoms with E-state index in [4.69, 9.17) is 4.74 Å². The summed E-state index contributed by atoms with van der Waals surface area (Å²) in [5.41, 5.74) is -0.728. The molecule has 0 unspecified atom stereocenters. The number of carbonyl (C=O) groups excluding carboxylic acids is 1. The van der Waals surface area contributed by atoms with E-state index in [1.165, 1.54) is 37.3 Å². The molecule has 3 N–H and O–H groups in total. The molecular weight excluding hydrogens is 354 g/mol. The van der Waals surface area contributed by atoms with Crippen LogP contribution < -0.4 is 5.56 Å². The molecule has 1 aliphatic carbocycles. The number of nitro groups is 1. The van der Waals surface area contributed by atoms with Crippen molar-refractivity contribution < 1.29 is 19.6 Å². The van der Waals surface area contributed by atoms with Crippen LogP contribution in [-0.4, -0.2) is 38.4 Å². The predicted octanol–water partition coefficient (Wildman–Crippen LogP) is 1.40. The van der Waals surface area contributed by atoms with Crippen molar-refractivity contribution in [1.82, 2.24) is 10.2 Å². The third-order valence-electron chi connectivity index (χ3n) is 4.81. The highest BCUT2D eigenvalue weighted by Gasteiger charge is 2.51. The first-order valence-electron chi connectivity index (χ1n) is 8.30. The molecule has 142 valence electrons. The van der Waals surface area contributed by atoms with Crippen LogP contribution in [0.15, 0.2) is 41.7 Å². The summed E-state index contributed by atoms with van der Waals surface area (Å²) >= 11 is 0. The van der Waals surface area contributed by atoms with E-state index < -0.39 is 33.9 Å². The first-order chi connectivity index (χ1) is 12.8. The number of aromatic nitrogens is 2. The van der Waals surface area contributed by atoms with E-state index in [2.05, 4.69) is 16.8 Å². The van der Waals surface area contributed by atoms with Crippen molar-refractivity contribution in [3.8, 4) is 0 Å². The summed E-state index contributed by atoms with van der Waals surface area (Å²) in [6.45, 7) is 4.96. The van der Waals surface area contributed by atoms with Gasteiger partial charge in [-0.25, -0.2) is 0 Å². The Morgan fingerprint density at radius 1 is 1.44 bits per heavy atom. The number of carbonyl (C=O) groups is 1.